The Morgan fingerprint density at radius 2 is 1.40 bits per heavy atom. The molecule has 0 aromatic rings. The predicted molar refractivity (Wildman–Crippen MR) is 83.9 cm³/mol. The Morgan fingerprint density at radius 3 is 1.95 bits per heavy atom. The largest absolute Gasteiger partial charge is 0.382 e. The van der Waals surface area contributed by atoms with Crippen LogP contribution in [-0.2, 0) is 9.47 Å². The standard InChI is InChI=1S/C18H34O2/c1-3-4-15-5-7-16(8-6-15)17-9-11-18(12-10-17)20-14-13-19-2/h15-18H,3-14H2,1-2H3. The third-order valence-electron chi connectivity index (χ3n) is 5.61. The highest BCUT2D eigenvalue weighted by molar-refractivity contribution is 4.82. The molecule has 2 nitrogen and oxygen atoms in total. The van der Waals surface area contributed by atoms with Gasteiger partial charge in [-0.05, 0) is 56.3 Å². The second-order valence-corrected chi connectivity index (χ2v) is 6.97. The van der Waals surface area contributed by atoms with Crippen molar-refractivity contribution in [2.45, 2.75) is 77.2 Å². The van der Waals surface area contributed by atoms with E-state index in [4.69, 9.17) is 9.47 Å². The molecule has 0 bridgehead atoms. The van der Waals surface area contributed by atoms with Crippen molar-refractivity contribution in [1.82, 2.24) is 0 Å². The van der Waals surface area contributed by atoms with E-state index < -0.39 is 0 Å². The van der Waals surface area contributed by atoms with Crippen molar-refractivity contribution in [2.24, 2.45) is 17.8 Å². The van der Waals surface area contributed by atoms with E-state index >= 15 is 0 Å². The van der Waals surface area contributed by atoms with Gasteiger partial charge in [0, 0.05) is 7.11 Å². The maximum Gasteiger partial charge on any atom is 0.0704 e. The van der Waals surface area contributed by atoms with Crippen LogP contribution in [0.1, 0.15) is 71.1 Å². The van der Waals surface area contributed by atoms with Crippen LogP contribution in [0.4, 0.5) is 0 Å². The Hall–Kier alpha value is -0.0800. The Balaban J connectivity index is 1.62. The molecule has 0 aliphatic heterocycles. The molecule has 0 spiro atoms. The Labute approximate surface area is 125 Å². The van der Waals surface area contributed by atoms with Crippen LogP contribution in [0, 0.1) is 17.8 Å². The zero-order chi connectivity index (χ0) is 14.2. The normalized spacial score (nSPS) is 35.1. The van der Waals surface area contributed by atoms with E-state index in [0.717, 1.165) is 31.0 Å². The minimum absolute atomic E-state index is 0.512. The summed E-state index contributed by atoms with van der Waals surface area (Å²) in [4.78, 5) is 0. The second kappa shape index (κ2) is 9.04. The van der Waals surface area contributed by atoms with Gasteiger partial charge in [0.1, 0.15) is 0 Å². The molecule has 0 aromatic heterocycles. The maximum absolute atomic E-state index is 5.88. The molecule has 0 saturated heterocycles. The molecule has 118 valence electrons. The molecule has 0 amide bonds. The van der Waals surface area contributed by atoms with Crippen LogP contribution in [-0.4, -0.2) is 26.4 Å². The van der Waals surface area contributed by atoms with Gasteiger partial charge in [-0.3, -0.25) is 0 Å². The second-order valence-electron chi connectivity index (χ2n) is 6.97. The first-order valence-electron chi connectivity index (χ1n) is 8.94. The lowest BCUT2D eigenvalue weighted by Crippen LogP contribution is -2.29. The summed E-state index contributed by atoms with van der Waals surface area (Å²) in [5.41, 5.74) is 0. The number of rotatable bonds is 7. The molecule has 2 aliphatic rings. The molecule has 2 fully saturated rings. The van der Waals surface area contributed by atoms with E-state index in [2.05, 4.69) is 6.92 Å². The van der Waals surface area contributed by atoms with Crippen LogP contribution in [0.15, 0.2) is 0 Å². The quantitative estimate of drug-likeness (QED) is 0.624. The summed E-state index contributed by atoms with van der Waals surface area (Å²) >= 11 is 0. The smallest absolute Gasteiger partial charge is 0.0704 e. The molecule has 0 heterocycles. The number of methoxy groups -OCH3 is 1. The van der Waals surface area contributed by atoms with Gasteiger partial charge in [-0.25, -0.2) is 0 Å². The summed E-state index contributed by atoms with van der Waals surface area (Å²) in [5, 5.41) is 0. The first-order chi connectivity index (χ1) is 9.83. The summed E-state index contributed by atoms with van der Waals surface area (Å²) in [7, 11) is 1.75. The van der Waals surface area contributed by atoms with Gasteiger partial charge in [0.15, 0.2) is 0 Å². The molecular weight excluding hydrogens is 248 g/mol. The zero-order valence-corrected chi connectivity index (χ0v) is 13.6. The van der Waals surface area contributed by atoms with Crippen molar-refractivity contribution in [3.05, 3.63) is 0 Å². The van der Waals surface area contributed by atoms with Gasteiger partial charge < -0.3 is 9.47 Å². The van der Waals surface area contributed by atoms with Crippen molar-refractivity contribution >= 4 is 0 Å². The maximum atomic E-state index is 5.88. The van der Waals surface area contributed by atoms with E-state index in [1.165, 1.54) is 64.2 Å². The van der Waals surface area contributed by atoms with Crippen LogP contribution < -0.4 is 0 Å². The zero-order valence-electron chi connectivity index (χ0n) is 13.6. The van der Waals surface area contributed by atoms with Crippen LogP contribution >= 0.6 is 0 Å². The lowest BCUT2D eigenvalue weighted by molar-refractivity contribution is -0.0148. The van der Waals surface area contributed by atoms with E-state index in [1.807, 2.05) is 0 Å². The molecule has 0 unspecified atom stereocenters. The summed E-state index contributed by atoms with van der Waals surface area (Å²) in [6, 6.07) is 0. The number of hydrogen-bond acceptors (Lipinski definition) is 2. The van der Waals surface area contributed by atoms with E-state index in [0.29, 0.717) is 6.10 Å². The Morgan fingerprint density at radius 1 is 0.800 bits per heavy atom. The van der Waals surface area contributed by atoms with E-state index in [9.17, 15) is 0 Å². The highest BCUT2D eigenvalue weighted by Gasteiger charge is 2.30. The average molecular weight is 282 g/mol. The molecule has 2 heteroatoms. The molecule has 0 atom stereocenters. The fourth-order valence-corrected chi connectivity index (χ4v) is 4.38. The third kappa shape index (κ3) is 5.04. The lowest BCUT2D eigenvalue weighted by atomic mass is 9.70. The minimum Gasteiger partial charge on any atom is -0.382 e. The van der Waals surface area contributed by atoms with Crippen molar-refractivity contribution in [3.63, 3.8) is 0 Å². The highest BCUT2D eigenvalue weighted by Crippen LogP contribution is 2.41. The molecule has 2 aliphatic carbocycles. The molecule has 20 heavy (non-hydrogen) atoms. The Bertz CT molecular complexity index is 238. The monoisotopic (exact) mass is 282 g/mol. The van der Waals surface area contributed by atoms with Crippen LogP contribution in [0.5, 0.6) is 0 Å². The number of hydrogen-bond donors (Lipinski definition) is 0. The fraction of sp³-hybridized carbons (Fsp3) is 1.00. The Kier molecular flexibility index (Phi) is 7.37. The summed E-state index contributed by atoms with van der Waals surface area (Å²) in [6.45, 7) is 3.84. The van der Waals surface area contributed by atoms with E-state index in [1.54, 1.807) is 7.11 Å². The van der Waals surface area contributed by atoms with Gasteiger partial charge >= 0.3 is 0 Å². The van der Waals surface area contributed by atoms with Gasteiger partial charge in [0.25, 0.3) is 0 Å². The van der Waals surface area contributed by atoms with Crippen molar-refractivity contribution in [3.8, 4) is 0 Å². The van der Waals surface area contributed by atoms with Gasteiger partial charge in [0.2, 0.25) is 0 Å². The molecule has 0 radical (unpaired) electrons. The SMILES string of the molecule is CCCC1CCC(C2CCC(OCCOC)CC2)CC1. The minimum atomic E-state index is 0.512. The first-order valence-corrected chi connectivity index (χ1v) is 8.94. The van der Waals surface area contributed by atoms with E-state index in [-0.39, 0.29) is 0 Å². The number of ether oxygens (including phenoxy) is 2. The first kappa shape index (κ1) is 16.3. The molecule has 0 aromatic carbocycles. The summed E-state index contributed by atoms with van der Waals surface area (Å²) < 4.78 is 10.9. The van der Waals surface area contributed by atoms with Crippen molar-refractivity contribution in [1.29, 1.82) is 0 Å². The van der Waals surface area contributed by atoms with Gasteiger partial charge in [0.05, 0.1) is 19.3 Å². The van der Waals surface area contributed by atoms with Crippen LogP contribution in [0.25, 0.3) is 0 Å². The van der Waals surface area contributed by atoms with Gasteiger partial charge in [-0.1, -0.05) is 32.6 Å². The lowest BCUT2D eigenvalue weighted by Gasteiger charge is -2.37. The van der Waals surface area contributed by atoms with Crippen molar-refractivity contribution in [2.75, 3.05) is 20.3 Å². The molecular formula is C18H34O2. The fourth-order valence-electron chi connectivity index (χ4n) is 4.38. The average Bonchev–Trinajstić information content (AvgIpc) is 2.49. The molecule has 2 saturated carbocycles. The predicted octanol–water partition coefficient (Wildman–Crippen LogP) is 4.81. The molecule has 0 N–H and O–H groups in total. The van der Waals surface area contributed by atoms with Crippen LogP contribution in [0.3, 0.4) is 0 Å². The van der Waals surface area contributed by atoms with Gasteiger partial charge in [-0.15, -0.1) is 0 Å². The topological polar surface area (TPSA) is 18.5 Å². The summed E-state index contributed by atoms with van der Waals surface area (Å²) in [5.74, 6) is 3.08. The third-order valence-corrected chi connectivity index (χ3v) is 5.61. The van der Waals surface area contributed by atoms with Crippen molar-refractivity contribution < 1.29 is 9.47 Å². The molecule has 2 rings (SSSR count). The summed E-state index contributed by atoms with van der Waals surface area (Å²) in [6.07, 6.45) is 14.7. The highest BCUT2D eigenvalue weighted by atomic mass is 16.5. The van der Waals surface area contributed by atoms with Crippen LogP contribution in [0.2, 0.25) is 0 Å². The van der Waals surface area contributed by atoms with Gasteiger partial charge in [-0.2, -0.15) is 0 Å².